The molecule has 122 valence electrons. The summed E-state index contributed by atoms with van der Waals surface area (Å²) < 4.78 is 38.7. The molecule has 23 heavy (non-hydrogen) atoms. The maximum absolute atomic E-state index is 12.9. The number of rotatable bonds is 5. The van der Waals surface area contributed by atoms with Crippen LogP contribution in [-0.2, 0) is 23.9 Å². The fourth-order valence-corrected chi connectivity index (χ4v) is 2.54. The van der Waals surface area contributed by atoms with E-state index in [-0.39, 0.29) is 12.0 Å². The van der Waals surface area contributed by atoms with Crippen LogP contribution in [0, 0.1) is 0 Å². The standard InChI is InChI=1S/C17H16F3NOS/c1-23-14-8-6-12(7-9-14)11-21-16(22)10-13-4-2-3-5-15(13)17(18,19)20/h2-9H,10-11H2,1H3,(H,21,22). The fourth-order valence-electron chi connectivity index (χ4n) is 2.13. The zero-order valence-corrected chi connectivity index (χ0v) is 13.3. The van der Waals surface area contributed by atoms with E-state index in [4.69, 9.17) is 0 Å². The Kier molecular flexibility index (Phi) is 5.71. The zero-order valence-electron chi connectivity index (χ0n) is 12.5. The predicted molar refractivity (Wildman–Crippen MR) is 85.2 cm³/mol. The normalized spacial score (nSPS) is 11.3. The molecule has 2 nitrogen and oxygen atoms in total. The lowest BCUT2D eigenvalue weighted by Gasteiger charge is -2.12. The van der Waals surface area contributed by atoms with Crippen LogP contribution in [0.1, 0.15) is 16.7 Å². The first-order valence-corrected chi connectivity index (χ1v) is 8.17. The number of nitrogens with one attached hydrogen (secondary N) is 1. The van der Waals surface area contributed by atoms with Gasteiger partial charge in [0.2, 0.25) is 5.91 Å². The summed E-state index contributed by atoms with van der Waals surface area (Å²) in [5.74, 6) is -0.435. The van der Waals surface area contributed by atoms with E-state index in [1.807, 2.05) is 30.5 Å². The minimum Gasteiger partial charge on any atom is -0.352 e. The van der Waals surface area contributed by atoms with Crippen molar-refractivity contribution in [2.24, 2.45) is 0 Å². The highest BCUT2D eigenvalue weighted by molar-refractivity contribution is 7.98. The van der Waals surface area contributed by atoms with Crippen molar-refractivity contribution in [1.29, 1.82) is 0 Å². The van der Waals surface area contributed by atoms with Gasteiger partial charge in [-0.1, -0.05) is 30.3 Å². The van der Waals surface area contributed by atoms with Gasteiger partial charge < -0.3 is 5.32 Å². The number of halogens is 3. The monoisotopic (exact) mass is 339 g/mol. The Labute approximate surface area is 137 Å². The van der Waals surface area contributed by atoms with Crippen molar-refractivity contribution in [3.63, 3.8) is 0 Å². The first kappa shape index (κ1) is 17.4. The Balaban J connectivity index is 1.97. The van der Waals surface area contributed by atoms with Crippen LogP contribution >= 0.6 is 11.8 Å². The first-order valence-electron chi connectivity index (χ1n) is 6.95. The third kappa shape index (κ3) is 5.03. The van der Waals surface area contributed by atoms with Crippen LogP contribution in [0.2, 0.25) is 0 Å². The highest BCUT2D eigenvalue weighted by atomic mass is 32.2. The summed E-state index contributed by atoms with van der Waals surface area (Å²) in [5.41, 5.74) is 0.120. The minimum absolute atomic E-state index is 0.0183. The van der Waals surface area contributed by atoms with Gasteiger partial charge in [0.25, 0.3) is 0 Å². The largest absolute Gasteiger partial charge is 0.416 e. The molecule has 6 heteroatoms. The summed E-state index contributed by atoms with van der Waals surface area (Å²) in [7, 11) is 0. The summed E-state index contributed by atoms with van der Waals surface area (Å²) in [6.45, 7) is 0.293. The maximum Gasteiger partial charge on any atom is 0.416 e. The third-order valence-corrected chi connectivity index (χ3v) is 4.07. The van der Waals surface area contributed by atoms with Crippen molar-refractivity contribution >= 4 is 17.7 Å². The van der Waals surface area contributed by atoms with Crippen LogP contribution in [0.15, 0.2) is 53.4 Å². The third-order valence-electron chi connectivity index (χ3n) is 3.32. The molecule has 0 saturated heterocycles. The summed E-state index contributed by atoms with van der Waals surface area (Å²) in [5, 5.41) is 2.65. The molecule has 0 unspecified atom stereocenters. The second-order valence-corrected chi connectivity index (χ2v) is 5.84. The van der Waals surface area contributed by atoms with Gasteiger partial charge >= 0.3 is 6.18 Å². The van der Waals surface area contributed by atoms with Crippen molar-refractivity contribution < 1.29 is 18.0 Å². The van der Waals surface area contributed by atoms with Gasteiger partial charge in [0.1, 0.15) is 0 Å². The van der Waals surface area contributed by atoms with E-state index in [2.05, 4.69) is 5.32 Å². The Morgan fingerprint density at radius 2 is 1.74 bits per heavy atom. The lowest BCUT2D eigenvalue weighted by Crippen LogP contribution is -2.25. The molecule has 1 amide bonds. The first-order chi connectivity index (χ1) is 10.9. The highest BCUT2D eigenvalue weighted by Gasteiger charge is 2.33. The van der Waals surface area contributed by atoms with Crippen LogP contribution in [0.3, 0.4) is 0 Å². The van der Waals surface area contributed by atoms with Crippen LogP contribution < -0.4 is 5.32 Å². The molecule has 0 aromatic heterocycles. The SMILES string of the molecule is CSc1ccc(CNC(=O)Cc2ccccc2C(F)(F)F)cc1. The van der Waals surface area contributed by atoms with Crippen molar-refractivity contribution in [3.05, 3.63) is 65.2 Å². The van der Waals surface area contributed by atoms with E-state index in [0.717, 1.165) is 16.5 Å². The zero-order chi connectivity index (χ0) is 16.9. The lowest BCUT2D eigenvalue weighted by atomic mass is 10.0. The molecule has 0 saturated carbocycles. The molecule has 0 atom stereocenters. The fraction of sp³-hybridized carbons (Fsp3) is 0.235. The van der Waals surface area contributed by atoms with Gasteiger partial charge in [0, 0.05) is 11.4 Å². The average Bonchev–Trinajstić information content (AvgIpc) is 2.53. The van der Waals surface area contributed by atoms with E-state index < -0.39 is 17.6 Å². The molecule has 1 N–H and O–H groups in total. The van der Waals surface area contributed by atoms with E-state index in [9.17, 15) is 18.0 Å². The second-order valence-electron chi connectivity index (χ2n) is 4.96. The molecule has 0 aliphatic heterocycles. The summed E-state index contributed by atoms with van der Waals surface area (Å²) in [6, 6.07) is 12.8. The minimum atomic E-state index is -4.45. The second kappa shape index (κ2) is 7.55. The van der Waals surface area contributed by atoms with Crippen molar-refractivity contribution in [1.82, 2.24) is 5.32 Å². The quantitative estimate of drug-likeness (QED) is 0.824. The molecule has 0 bridgehead atoms. The Morgan fingerprint density at radius 3 is 2.35 bits per heavy atom. The molecule has 0 aliphatic rings. The molecule has 0 radical (unpaired) electrons. The van der Waals surface area contributed by atoms with Crippen LogP contribution in [0.4, 0.5) is 13.2 Å². The number of benzene rings is 2. The predicted octanol–water partition coefficient (Wildman–Crippen LogP) is 4.29. The van der Waals surface area contributed by atoms with E-state index >= 15 is 0 Å². The molecule has 0 spiro atoms. The molecule has 0 fully saturated rings. The summed E-state index contributed by atoms with van der Waals surface area (Å²) in [4.78, 5) is 13.0. The van der Waals surface area contributed by atoms with Gasteiger partial charge in [0.05, 0.1) is 12.0 Å². The molecular weight excluding hydrogens is 323 g/mol. The smallest absolute Gasteiger partial charge is 0.352 e. The van der Waals surface area contributed by atoms with Gasteiger partial charge in [-0.3, -0.25) is 4.79 Å². The number of hydrogen-bond donors (Lipinski definition) is 1. The van der Waals surface area contributed by atoms with Crippen LogP contribution in [0.5, 0.6) is 0 Å². The number of carbonyl (C=O) groups is 1. The molecule has 0 heterocycles. The van der Waals surface area contributed by atoms with Gasteiger partial charge in [-0.2, -0.15) is 13.2 Å². The van der Waals surface area contributed by atoms with Gasteiger partial charge in [-0.25, -0.2) is 0 Å². The van der Waals surface area contributed by atoms with Crippen molar-refractivity contribution in [2.45, 2.75) is 24.0 Å². The summed E-state index contributed by atoms with van der Waals surface area (Å²) >= 11 is 1.61. The molecule has 2 rings (SSSR count). The average molecular weight is 339 g/mol. The Bertz CT molecular complexity index is 668. The van der Waals surface area contributed by atoms with E-state index in [0.29, 0.717) is 6.54 Å². The van der Waals surface area contributed by atoms with Gasteiger partial charge in [0.15, 0.2) is 0 Å². The van der Waals surface area contributed by atoms with E-state index in [1.165, 1.54) is 18.2 Å². The molecular formula is C17H16F3NOS. The molecule has 2 aromatic rings. The van der Waals surface area contributed by atoms with E-state index in [1.54, 1.807) is 11.8 Å². The van der Waals surface area contributed by atoms with Gasteiger partial charge in [-0.15, -0.1) is 11.8 Å². The number of amides is 1. The van der Waals surface area contributed by atoms with Crippen LogP contribution in [0.25, 0.3) is 0 Å². The van der Waals surface area contributed by atoms with Crippen LogP contribution in [-0.4, -0.2) is 12.2 Å². The Morgan fingerprint density at radius 1 is 1.09 bits per heavy atom. The molecule has 2 aromatic carbocycles. The molecule has 0 aliphatic carbocycles. The van der Waals surface area contributed by atoms with Crippen molar-refractivity contribution in [3.8, 4) is 0 Å². The maximum atomic E-state index is 12.9. The highest BCUT2D eigenvalue weighted by Crippen LogP contribution is 2.32. The topological polar surface area (TPSA) is 29.1 Å². The number of alkyl halides is 3. The number of carbonyl (C=O) groups excluding carboxylic acids is 1. The number of thioether (sulfide) groups is 1. The number of hydrogen-bond acceptors (Lipinski definition) is 2. The lowest BCUT2D eigenvalue weighted by molar-refractivity contribution is -0.138. The summed E-state index contributed by atoms with van der Waals surface area (Å²) in [6.07, 6.45) is -2.78. The Hall–Kier alpha value is -1.95. The van der Waals surface area contributed by atoms with Crippen molar-refractivity contribution in [2.75, 3.05) is 6.26 Å². The van der Waals surface area contributed by atoms with Gasteiger partial charge in [-0.05, 0) is 35.6 Å².